The molecule has 0 aromatic carbocycles. The maximum Gasteiger partial charge on any atom is 0.209 e. The fraction of sp³-hybridized carbons (Fsp3) is 0.714. The van der Waals surface area contributed by atoms with Crippen LogP contribution >= 0.6 is 39.0 Å². The molecule has 1 aliphatic rings. The summed E-state index contributed by atoms with van der Waals surface area (Å²) >= 11 is 6.97. The molecular weight excluding hydrogens is 270 g/mol. The van der Waals surface area contributed by atoms with Gasteiger partial charge in [0, 0.05) is 18.8 Å². The van der Waals surface area contributed by atoms with Crippen LogP contribution in [0, 0.1) is 0 Å². The SMILES string of the molecule is Brc1nnc(N2CCCSCC2)s1. The molecule has 0 radical (unpaired) electrons. The quantitative estimate of drug-likeness (QED) is 0.789. The van der Waals surface area contributed by atoms with E-state index in [9.17, 15) is 0 Å². The van der Waals surface area contributed by atoms with Crippen molar-refractivity contribution in [3.63, 3.8) is 0 Å². The van der Waals surface area contributed by atoms with Crippen LogP contribution in [0.4, 0.5) is 5.13 Å². The third-order valence-electron chi connectivity index (χ3n) is 1.88. The molecule has 0 unspecified atom stereocenters. The Hall–Kier alpha value is 0.190. The number of halogens is 1. The molecule has 6 heteroatoms. The van der Waals surface area contributed by atoms with Crippen molar-refractivity contribution < 1.29 is 0 Å². The minimum atomic E-state index is 0.874. The van der Waals surface area contributed by atoms with Gasteiger partial charge in [0.25, 0.3) is 0 Å². The van der Waals surface area contributed by atoms with Crippen LogP contribution in [0.2, 0.25) is 0 Å². The summed E-state index contributed by atoms with van der Waals surface area (Å²) in [6.45, 7) is 2.22. The fourth-order valence-corrected chi connectivity index (χ4v) is 3.29. The lowest BCUT2D eigenvalue weighted by atomic mass is 10.4. The van der Waals surface area contributed by atoms with E-state index in [1.165, 1.54) is 17.9 Å². The lowest BCUT2D eigenvalue weighted by Crippen LogP contribution is -2.25. The average molecular weight is 280 g/mol. The normalized spacial score (nSPS) is 18.7. The molecule has 72 valence electrons. The highest BCUT2D eigenvalue weighted by molar-refractivity contribution is 9.11. The molecule has 0 aliphatic carbocycles. The van der Waals surface area contributed by atoms with Crippen LogP contribution in [0.15, 0.2) is 3.92 Å². The zero-order valence-corrected chi connectivity index (χ0v) is 10.3. The van der Waals surface area contributed by atoms with Gasteiger partial charge in [-0.25, -0.2) is 0 Å². The zero-order valence-electron chi connectivity index (χ0n) is 7.07. The van der Waals surface area contributed by atoms with Crippen molar-refractivity contribution in [2.45, 2.75) is 6.42 Å². The van der Waals surface area contributed by atoms with E-state index >= 15 is 0 Å². The number of nitrogens with zero attached hydrogens (tertiary/aromatic N) is 3. The van der Waals surface area contributed by atoms with Crippen LogP contribution < -0.4 is 4.90 Å². The molecule has 1 aromatic rings. The Morgan fingerprint density at radius 1 is 1.23 bits per heavy atom. The highest BCUT2D eigenvalue weighted by Crippen LogP contribution is 2.25. The van der Waals surface area contributed by atoms with Crippen LogP contribution in [-0.2, 0) is 0 Å². The molecule has 0 N–H and O–H groups in total. The Balaban J connectivity index is 2.06. The molecular formula is C7H10BrN3S2. The second kappa shape index (κ2) is 4.61. The summed E-state index contributed by atoms with van der Waals surface area (Å²) in [5.74, 6) is 2.48. The lowest BCUT2D eigenvalue weighted by molar-refractivity contribution is 0.802. The summed E-state index contributed by atoms with van der Waals surface area (Å²) in [5.41, 5.74) is 0. The lowest BCUT2D eigenvalue weighted by Gasteiger charge is -2.17. The fourth-order valence-electron chi connectivity index (χ4n) is 1.26. The van der Waals surface area contributed by atoms with Crippen molar-refractivity contribution in [1.82, 2.24) is 10.2 Å². The molecule has 2 rings (SSSR count). The van der Waals surface area contributed by atoms with E-state index in [1.807, 2.05) is 11.8 Å². The maximum atomic E-state index is 4.12. The van der Waals surface area contributed by atoms with Gasteiger partial charge in [-0.15, -0.1) is 10.2 Å². The zero-order chi connectivity index (χ0) is 9.10. The predicted molar refractivity (Wildman–Crippen MR) is 61.8 cm³/mol. The van der Waals surface area contributed by atoms with Gasteiger partial charge in [-0.1, -0.05) is 11.3 Å². The molecule has 2 heterocycles. The van der Waals surface area contributed by atoms with Gasteiger partial charge in [0.05, 0.1) is 0 Å². The van der Waals surface area contributed by atoms with Gasteiger partial charge in [-0.3, -0.25) is 0 Å². The molecule has 0 saturated carbocycles. The van der Waals surface area contributed by atoms with E-state index in [4.69, 9.17) is 0 Å². The molecule has 13 heavy (non-hydrogen) atoms. The summed E-state index contributed by atoms with van der Waals surface area (Å²) in [7, 11) is 0. The molecule has 1 fully saturated rings. The molecule has 3 nitrogen and oxygen atoms in total. The van der Waals surface area contributed by atoms with Crippen LogP contribution in [0.1, 0.15) is 6.42 Å². The van der Waals surface area contributed by atoms with Gasteiger partial charge in [-0.2, -0.15) is 11.8 Å². The predicted octanol–water partition coefficient (Wildman–Crippen LogP) is 2.24. The van der Waals surface area contributed by atoms with E-state index in [0.29, 0.717) is 0 Å². The van der Waals surface area contributed by atoms with Crippen molar-refractivity contribution >= 4 is 44.2 Å². The summed E-state index contributed by atoms with van der Waals surface area (Å²) in [5, 5.41) is 9.13. The number of rotatable bonds is 1. The number of hydrogen-bond acceptors (Lipinski definition) is 5. The van der Waals surface area contributed by atoms with E-state index < -0.39 is 0 Å². The molecule has 1 aromatic heterocycles. The second-order valence-corrected chi connectivity index (χ2v) is 6.25. The number of anilines is 1. The van der Waals surface area contributed by atoms with Gasteiger partial charge in [-0.05, 0) is 28.1 Å². The van der Waals surface area contributed by atoms with Gasteiger partial charge < -0.3 is 4.90 Å². The Morgan fingerprint density at radius 2 is 2.15 bits per heavy atom. The molecule has 1 saturated heterocycles. The Kier molecular flexibility index (Phi) is 3.45. The first kappa shape index (κ1) is 9.73. The Labute approximate surface area is 94.0 Å². The molecule has 0 spiro atoms. The van der Waals surface area contributed by atoms with E-state index in [-0.39, 0.29) is 0 Å². The standard InChI is InChI=1S/C7H10BrN3S2/c8-6-9-10-7(13-6)11-2-1-4-12-5-3-11/h1-5H2. The first-order valence-electron chi connectivity index (χ1n) is 4.18. The topological polar surface area (TPSA) is 29.0 Å². The monoisotopic (exact) mass is 279 g/mol. The largest absolute Gasteiger partial charge is 0.346 e. The van der Waals surface area contributed by atoms with Crippen LogP contribution in [0.25, 0.3) is 0 Å². The van der Waals surface area contributed by atoms with Crippen molar-refractivity contribution in [2.24, 2.45) is 0 Å². The minimum Gasteiger partial charge on any atom is -0.346 e. The van der Waals surface area contributed by atoms with E-state index in [2.05, 4.69) is 31.0 Å². The number of aromatic nitrogens is 2. The Bertz CT molecular complexity index is 270. The van der Waals surface area contributed by atoms with E-state index in [1.54, 1.807) is 11.3 Å². The summed E-state index contributed by atoms with van der Waals surface area (Å²) in [4.78, 5) is 2.32. The molecule has 0 atom stereocenters. The van der Waals surface area contributed by atoms with Gasteiger partial charge in [0.15, 0.2) is 3.92 Å². The molecule has 0 bridgehead atoms. The number of hydrogen-bond donors (Lipinski definition) is 0. The van der Waals surface area contributed by atoms with Crippen molar-refractivity contribution in [3.8, 4) is 0 Å². The minimum absolute atomic E-state index is 0.874. The first-order valence-corrected chi connectivity index (χ1v) is 6.94. The molecule has 1 aliphatic heterocycles. The van der Waals surface area contributed by atoms with Crippen LogP contribution in [-0.4, -0.2) is 34.8 Å². The highest BCUT2D eigenvalue weighted by Gasteiger charge is 2.13. The third-order valence-corrected chi connectivity index (χ3v) is 4.35. The third kappa shape index (κ3) is 2.57. The summed E-state index contributed by atoms with van der Waals surface area (Å²) in [6, 6.07) is 0. The average Bonchev–Trinajstić information content (AvgIpc) is 2.43. The van der Waals surface area contributed by atoms with E-state index in [0.717, 1.165) is 22.1 Å². The first-order chi connectivity index (χ1) is 6.36. The summed E-state index contributed by atoms with van der Waals surface area (Å²) < 4.78 is 0.874. The second-order valence-electron chi connectivity index (χ2n) is 2.79. The van der Waals surface area contributed by atoms with Crippen LogP contribution in [0.3, 0.4) is 0 Å². The van der Waals surface area contributed by atoms with Gasteiger partial charge in [0.2, 0.25) is 5.13 Å². The van der Waals surface area contributed by atoms with Crippen LogP contribution in [0.5, 0.6) is 0 Å². The Morgan fingerprint density at radius 3 is 2.92 bits per heavy atom. The summed E-state index contributed by atoms with van der Waals surface area (Å²) in [6.07, 6.45) is 1.25. The highest BCUT2D eigenvalue weighted by atomic mass is 79.9. The van der Waals surface area contributed by atoms with Crippen molar-refractivity contribution in [2.75, 3.05) is 29.5 Å². The van der Waals surface area contributed by atoms with Gasteiger partial charge in [0.1, 0.15) is 0 Å². The van der Waals surface area contributed by atoms with Crippen molar-refractivity contribution in [3.05, 3.63) is 3.92 Å². The van der Waals surface area contributed by atoms with Crippen molar-refractivity contribution in [1.29, 1.82) is 0 Å². The maximum absolute atomic E-state index is 4.12. The molecule has 0 amide bonds. The number of thioether (sulfide) groups is 1. The van der Waals surface area contributed by atoms with Gasteiger partial charge >= 0.3 is 0 Å². The smallest absolute Gasteiger partial charge is 0.209 e.